The van der Waals surface area contributed by atoms with Crippen LogP contribution in [-0.2, 0) is 9.59 Å². The fraction of sp³-hybridized carbons (Fsp3) is 0.227. The Kier molecular flexibility index (Phi) is 5.19. The van der Waals surface area contributed by atoms with Gasteiger partial charge >= 0.3 is 0 Å². The number of carbonyl (C=O) groups excluding carboxylic acids is 3. The van der Waals surface area contributed by atoms with Crippen molar-refractivity contribution in [1.82, 2.24) is 0 Å². The molecule has 1 aliphatic heterocycles. The Morgan fingerprint density at radius 2 is 1.83 bits per heavy atom. The third-order valence-electron chi connectivity index (χ3n) is 5.37. The van der Waals surface area contributed by atoms with Crippen molar-refractivity contribution in [3.05, 3.63) is 69.7 Å². The molecule has 4 rings (SSSR count). The zero-order valence-electron chi connectivity index (χ0n) is 15.6. The second-order valence-electron chi connectivity index (χ2n) is 7.34. The first-order chi connectivity index (χ1) is 13.8. The molecule has 29 heavy (non-hydrogen) atoms. The number of nitrogens with one attached hydrogen (secondary N) is 1. The first-order valence-electron chi connectivity index (χ1n) is 9.25. The fourth-order valence-electron chi connectivity index (χ4n) is 3.86. The fourth-order valence-corrected chi connectivity index (χ4v) is 4.32. The molecule has 0 unspecified atom stereocenters. The van der Waals surface area contributed by atoms with Crippen LogP contribution in [0.2, 0.25) is 10.0 Å². The van der Waals surface area contributed by atoms with E-state index in [0.717, 1.165) is 5.57 Å². The predicted molar refractivity (Wildman–Crippen MR) is 113 cm³/mol. The Hall–Kier alpha value is -2.63. The molecule has 2 aromatic rings. The minimum absolute atomic E-state index is 0.203. The smallest absolute Gasteiger partial charge is 0.255 e. The number of halogens is 2. The van der Waals surface area contributed by atoms with E-state index in [1.165, 1.54) is 11.0 Å². The molecule has 3 amide bonds. The Morgan fingerprint density at radius 1 is 1.07 bits per heavy atom. The summed E-state index contributed by atoms with van der Waals surface area (Å²) in [5, 5.41) is 3.51. The number of hydrogen-bond acceptors (Lipinski definition) is 3. The van der Waals surface area contributed by atoms with Gasteiger partial charge in [0.25, 0.3) is 5.91 Å². The Labute approximate surface area is 178 Å². The third-order valence-corrected chi connectivity index (χ3v) is 5.92. The number of benzene rings is 2. The van der Waals surface area contributed by atoms with E-state index in [1.807, 2.05) is 13.0 Å². The number of imide groups is 1. The van der Waals surface area contributed by atoms with Crippen LogP contribution in [0.15, 0.2) is 54.1 Å². The van der Waals surface area contributed by atoms with Crippen LogP contribution in [0, 0.1) is 11.8 Å². The highest BCUT2D eigenvalue weighted by Crippen LogP contribution is 2.39. The molecule has 2 aliphatic rings. The summed E-state index contributed by atoms with van der Waals surface area (Å²) in [4.78, 5) is 39.6. The van der Waals surface area contributed by atoms with Gasteiger partial charge in [-0.25, -0.2) is 0 Å². The zero-order chi connectivity index (χ0) is 20.7. The number of allylic oxidation sites excluding steroid dienone is 2. The zero-order valence-corrected chi connectivity index (χ0v) is 17.1. The minimum Gasteiger partial charge on any atom is -0.321 e. The number of anilines is 2. The van der Waals surface area contributed by atoms with Gasteiger partial charge in [0.05, 0.1) is 28.2 Å². The quantitative estimate of drug-likeness (QED) is 0.546. The number of rotatable bonds is 3. The summed E-state index contributed by atoms with van der Waals surface area (Å²) < 4.78 is 0. The summed E-state index contributed by atoms with van der Waals surface area (Å²) in [7, 11) is 0. The summed E-state index contributed by atoms with van der Waals surface area (Å²) in [5.74, 6) is -1.45. The summed E-state index contributed by atoms with van der Waals surface area (Å²) >= 11 is 12.0. The highest BCUT2D eigenvalue weighted by molar-refractivity contribution is 6.36. The topological polar surface area (TPSA) is 66.5 Å². The normalized spacial score (nSPS) is 21.1. The van der Waals surface area contributed by atoms with Gasteiger partial charge in [-0.1, -0.05) is 40.9 Å². The van der Waals surface area contributed by atoms with Crippen molar-refractivity contribution in [2.45, 2.75) is 19.8 Å². The molecule has 2 atom stereocenters. The van der Waals surface area contributed by atoms with Gasteiger partial charge in [-0.3, -0.25) is 19.3 Å². The molecule has 148 valence electrons. The van der Waals surface area contributed by atoms with Crippen molar-refractivity contribution < 1.29 is 14.4 Å². The molecule has 0 spiro atoms. The number of fused-ring (bicyclic) bond motifs is 1. The first-order valence-corrected chi connectivity index (χ1v) is 10.0. The SMILES string of the molecule is CC1=CC[C@@H]2C(=O)N(c3cccc(C(=O)Nc4ccc(Cl)cc4Cl)c3)C(=O)[C@@H]2C1. The second-order valence-corrected chi connectivity index (χ2v) is 8.19. The molecule has 1 fully saturated rings. The molecule has 0 aromatic heterocycles. The average Bonchev–Trinajstić information content (AvgIpc) is 2.94. The lowest BCUT2D eigenvalue weighted by Gasteiger charge is -2.18. The maximum absolute atomic E-state index is 12.9. The van der Waals surface area contributed by atoms with Gasteiger partial charge in [0, 0.05) is 10.6 Å². The lowest BCUT2D eigenvalue weighted by atomic mass is 9.82. The molecule has 1 saturated heterocycles. The van der Waals surface area contributed by atoms with Crippen LogP contribution in [0.25, 0.3) is 0 Å². The van der Waals surface area contributed by atoms with E-state index in [4.69, 9.17) is 23.2 Å². The van der Waals surface area contributed by atoms with Gasteiger partial charge in [0.2, 0.25) is 11.8 Å². The molecule has 7 heteroatoms. The number of hydrogen-bond donors (Lipinski definition) is 1. The molecule has 1 heterocycles. The Bertz CT molecular complexity index is 1060. The first kappa shape index (κ1) is 19.7. The molecule has 0 radical (unpaired) electrons. The van der Waals surface area contributed by atoms with Gasteiger partial charge in [0.15, 0.2) is 0 Å². The Morgan fingerprint density at radius 3 is 2.59 bits per heavy atom. The number of nitrogens with zero attached hydrogens (tertiary/aromatic N) is 1. The van der Waals surface area contributed by atoms with Crippen molar-refractivity contribution in [2.75, 3.05) is 10.2 Å². The van der Waals surface area contributed by atoms with E-state index < -0.39 is 5.91 Å². The molecule has 0 saturated carbocycles. The molecule has 0 bridgehead atoms. The Balaban J connectivity index is 1.58. The van der Waals surface area contributed by atoms with Crippen molar-refractivity contribution in [3.8, 4) is 0 Å². The average molecular weight is 429 g/mol. The third kappa shape index (κ3) is 3.68. The number of amides is 3. The lowest BCUT2D eigenvalue weighted by molar-refractivity contribution is -0.122. The highest BCUT2D eigenvalue weighted by Gasteiger charge is 2.48. The van der Waals surface area contributed by atoms with Crippen molar-refractivity contribution in [3.63, 3.8) is 0 Å². The van der Waals surface area contributed by atoms with Crippen LogP contribution in [0.1, 0.15) is 30.1 Å². The maximum atomic E-state index is 12.9. The van der Waals surface area contributed by atoms with Crippen LogP contribution in [0.5, 0.6) is 0 Å². The second kappa shape index (κ2) is 7.65. The monoisotopic (exact) mass is 428 g/mol. The van der Waals surface area contributed by atoms with E-state index in [1.54, 1.807) is 36.4 Å². The summed E-state index contributed by atoms with van der Waals surface area (Å²) in [6, 6.07) is 11.3. The van der Waals surface area contributed by atoms with E-state index >= 15 is 0 Å². The van der Waals surface area contributed by atoms with Crippen molar-refractivity contribution in [1.29, 1.82) is 0 Å². The standard InChI is InChI=1S/C22H18Cl2N2O3/c1-12-5-7-16-17(9-12)22(29)26(21(16)28)15-4-2-3-13(10-15)20(27)25-19-8-6-14(23)11-18(19)24/h2-6,8,10-11,16-17H,7,9H2,1H3,(H,25,27)/t16-,17+/m0/s1. The van der Waals surface area contributed by atoms with Crippen LogP contribution in [-0.4, -0.2) is 17.7 Å². The molecular weight excluding hydrogens is 411 g/mol. The molecule has 5 nitrogen and oxygen atoms in total. The van der Waals surface area contributed by atoms with Crippen molar-refractivity contribution in [2.24, 2.45) is 11.8 Å². The van der Waals surface area contributed by atoms with E-state index in [-0.39, 0.29) is 23.7 Å². The van der Waals surface area contributed by atoms with Gasteiger partial charge < -0.3 is 5.32 Å². The predicted octanol–water partition coefficient (Wildman–Crippen LogP) is 5.09. The highest BCUT2D eigenvalue weighted by atomic mass is 35.5. The van der Waals surface area contributed by atoms with Crippen LogP contribution >= 0.6 is 23.2 Å². The van der Waals surface area contributed by atoms with E-state index in [0.29, 0.717) is 39.8 Å². The summed E-state index contributed by atoms with van der Waals surface area (Å²) in [6.45, 7) is 1.98. The lowest BCUT2D eigenvalue weighted by Crippen LogP contribution is -2.31. The van der Waals surface area contributed by atoms with E-state index in [2.05, 4.69) is 5.32 Å². The van der Waals surface area contributed by atoms with Crippen LogP contribution in [0.3, 0.4) is 0 Å². The van der Waals surface area contributed by atoms with Gasteiger partial charge in [-0.15, -0.1) is 0 Å². The van der Waals surface area contributed by atoms with Crippen molar-refractivity contribution >= 4 is 52.3 Å². The molecule has 1 N–H and O–H groups in total. The largest absolute Gasteiger partial charge is 0.321 e. The van der Waals surface area contributed by atoms with Crippen LogP contribution < -0.4 is 10.2 Å². The van der Waals surface area contributed by atoms with E-state index in [9.17, 15) is 14.4 Å². The summed E-state index contributed by atoms with van der Waals surface area (Å²) in [6.07, 6.45) is 3.20. The molecular formula is C22H18Cl2N2O3. The summed E-state index contributed by atoms with van der Waals surface area (Å²) in [5.41, 5.74) is 2.27. The molecule has 2 aromatic carbocycles. The maximum Gasteiger partial charge on any atom is 0.255 e. The molecule has 1 aliphatic carbocycles. The van der Waals surface area contributed by atoms with Gasteiger partial charge in [-0.05, 0) is 56.2 Å². The number of carbonyl (C=O) groups is 3. The minimum atomic E-state index is -0.398. The van der Waals surface area contributed by atoms with Gasteiger partial charge in [-0.2, -0.15) is 0 Å². The van der Waals surface area contributed by atoms with Crippen LogP contribution in [0.4, 0.5) is 11.4 Å². The van der Waals surface area contributed by atoms with Gasteiger partial charge in [0.1, 0.15) is 0 Å².